The van der Waals surface area contributed by atoms with Crippen molar-refractivity contribution in [2.75, 3.05) is 51.9 Å². The van der Waals surface area contributed by atoms with Crippen molar-refractivity contribution >= 4 is 17.6 Å². The van der Waals surface area contributed by atoms with E-state index in [2.05, 4.69) is 20.3 Å². The molecule has 0 spiro atoms. The molecule has 0 fully saturated rings. The normalized spacial score (nSPS) is 10.8. The van der Waals surface area contributed by atoms with Crippen LogP contribution in [-0.4, -0.2) is 82.9 Å². The van der Waals surface area contributed by atoms with Gasteiger partial charge in [-0.1, -0.05) is 0 Å². The molecule has 0 saturated heterocycles. The zero-order chi connectivity index (χ0) is 30.4. The number of carbonyl (C=O) groups is 1. The Morgan fingerprint density at radius 3 is 2.02 bits per heavy atom. The highest BCUT2D eigenvalue weighted by Crippen LogP contribution is 2.32. The molecule has 0 unspecified atom stereocenters. The number of phenols is 1. The van der Waals surface area contributed by atoms with Gasteiger partial charge in [-0.25, -0.2) is 9.78 Å². The molecule has 0 aliphatic rings. The minimum Gasteiger partial charge on any atom is -0.507 e. The predicted octanol–water partition coefficient (Wildman–Crippen LogP) is 3.52. The molecule has 13 heteroatoms. The van der Waals surface area contributed by atoms with Crippen LogP contribution < -0.4 is 14.8 Å². The summed E-state index contributed by atoms with van der Waals surface area (Å²) in [5.74, 6) is 1.18. The number of ether oxygens (including phenoxy) is 5. The van der Waals surface area contributed by atoms with Crippen molar-refractivity contribution in [3.05, 3.63) is 72.3 Å². The van der Waals surface area contributed by atoms with Crippen molar-refractivity contribution in [2.24, 2.45) is 0 Å². The SMILES string of the molecule is CCOC(=O)c1ccc(Nc2nc(-c3ccc(OCCOCO)cc3)nc(-c3ccc(OCCOCO)cc3O)n2)cc1. The second kappa shape index (κ2) is 16.0. The zero-order valence-corrected chi connectivity index (χ0v) is 23.4. The molecule has 0 saturated carbocycles. The van der Waals surface area contributed by atoms with E-state index in [9.17, 15) is 9.90 Å². The van der Waals surface area contributed by atoms with Crippen molar-refractivity contribution < 1.29 is 43.8 Å². The molecule has 4 rings (SSSR count). The van der Waals surface area contributed by atoms with Crippen LogP contribution in [-0.2, 0) is 14.2 Å². The topological polar surface area (TPSA) is 175 Å². The third-order valence-electron chi connectivity index (χ3n) is 5.79. The number of hydrogen-bond acceptors (Lipinski definition) is 13. The Morgan fingerprint density at radius 1 is 0.767 bits per heavy atom. The quantitative estimate of drug-likeness (QED) is 0.0846. The van der Waals surface area contributed by atoms with E-state index in [1.54, 1.807) is 67.6 Å². The first-order chi connectivity index (χ1) is 21.0. The Morgan fingerprint density at radius 2 is 1.40 bits per heavy atom. The second-order valence-corrected chi connectivity index (χ2v) is 8.70. The third kappa shape index (κ3) is 9.08. The molecule has 0 atom stereocenters. The molecule has 4 N–H and O–H groups in total. The van der Waals surface area contributed by atoms with Gasteiger partial charge in [0, 0.05) is 17.3 Å². The van der Waals surface area contributed by atoms with Crippen molar-refractivity contribution in [1.82, 2.24) is 15.0 Å². The maximum Gasteiger partial charge on any atom is 0.338 e. The monoisotopic (exact) mass is 592 g/mol. The van der Waals surface area contributed by atoms with Crippen molar-refractivity contribution in [3.63, 3.8) is 0 Å². The van der Waals surface area contributed by atoms with Crippen LogP contribution in [0.1, 0.15) is 17.3 Å². The highest BCUT2D eigenvalue weighted by Gasteiger charge is 2.15. The first-order valence-corrected chi connectivity index (χ1v) is 13.4. The van der Waals surface area contributed by atoms with E-state index in [4.69, 9.17) is 33.9 Å². The van der Waals surface area contributed by atoms with E-state index >= 15 is 0 Å². The largest absolute Gasteiger partial charge is 0.507 e. The van der Waals surface area contributed by atoms with Crippen LogP contribution in [0.3, 0.4) is 0 Å². The standard InChI is InChI=1S/C30H32N4O9/c1-2-41-29(38)21-3-7-22(8-4-21)31-30-33-27(20-5-9-23(10-6-20)42-15-13-39-18-35)32-28(34-30)25-12-11-24(17-26(25)37)43-16-14-40-19-36/h3-12,17,35-37H,2,13-16,18-19H2,1H3,(H,31,32,33,34). The van der Waals surface area contributed by atoms with Crippen molar-refractivity contribution in [2.45, 2.75) is 6.92 Å². The van der Waals surface area contributed by atoms with E-state index in [-0.39, 0.29) is 57.3 Å². The molecule has 226 valence electrons. The lowest BCUT2D eigenvalue weighted by molar-refractivity contribution is -0.0128. The fraction of sp³-hybridized carbons (Fsp3) is 0.267. The summed E-state index contributed by atoms with van der Waals surface area (Å²) >= 11 is 0. The van der Waals surface area contributed by atoms with Gasteiger partial charge in [-0.15, -0.1) is 0 Å². The van der Waals surface area contributed by atoms with Gasteiger partial charge < -0.3 is 44.3 Å². The first kappa shape index (κ1) is 31.1. The number of aromatic nitrogens is 3. The molecule has 43 heavy (non-hydrogen) atoms. The number of carbonyl (C=O) groups excluding carboxylic acids is 1. The lowest BCUT2D eigenvalue weighted by Gasteiger charge is -2.12. The number of rotatable bonds is 16. The second-order valence-electron chi connectivity index (χ2n) is 8.70. The summed E-state index contributed by atoms with van der Waals surface area (Å²) < 4.78 is 25.9. The third-order valence-corrected chi connectivity index (χ3v) is 5.79. The Labute approximate surface area is 247 Å². The Bertz CT molecular complexity index is 1470. The van der Waals surface area contributed by atoms with E-state index in [1.807, 2.05) is 0 Å². The number of aliphatic hydroxyl groups excluding tert-OH is 2. The van der Waals surface area contributed by atoms with Gasteiger partial charge >= 0.3 is 5.97 Å². The smallest absolute Gasteiger partial charge is 0.338 e. The summed E-state index contributed by atoms with van der Waals surface area (Å²) in [7, 11) is 0. The molecular weight excluding hydrogens is 560 g/mol. The molecule has 1 heterocycles. The summed E-state index contributed by atoms with van der Waals surface area (Å²) in [5.41, 5.74) is 2.02. The van der Waals surface area contributed by atoms with E-state index < -0.39 is 12.8 Å². The highest BCUT2D eigenvalue weighted by molar-refractivity contribution is 5.89. The van der Waals surface area contributed by atoms with Gasteiger partial charge in [0.2, 0.25) is 5.95 Å². The molecule has 0 amide bonds. The lowest BCUT2D eigenvalue weighted by atomic mass is 10.1. The number of esters is 1. The van der Waals surface area contributed by atoms with Crippen LogP contribution in [0, 0.1) is 0 Å². The van der Waals surface area contributed by atoms with Crippen LogP contribution in [0.15, 0.2) is 66.7 Å². The molecule has 0 radical (unpaired) electrons. The molecular formula is C30H32N4O9. The minimum atomic E-state index is -0.420. The number of nitrogens with zero attached hydrogens (tertiary/aromatic N) is 3. The van der Waals surface area contributed by atoms with Crippen LogP contribution in [0.2, 0.25) is 0 Å². The zero-order valence-electron chi connectivity index (χ0n) is 23.4. The van der Waals surface area contributed by atoms with E-state index in [0.717, 1.165) is 0 Å². The van der Waals surface area contributed by atoms with Crippen LogP contribution in [0.4, 0.5) is 11.6 Å². The van der Waals surface area contributed by atoms with Gasteiger partial charge in [0.05, 0.1) is 30.9 Å². The summed E-state index contributed by atoms with van der Waals surface area (Å²) in [4.78, 5) is 25.7. The van der Waals surface area contributed by atoms with Crippen LogP contribution in [0.25, 0.3) is 22.8 Å². The predicted molar refractivity (Wildman–Crippen MR) is 155 cm³/mol. The van der Waals surface area contributed by atoms with E-state index in [1.165, 1.54) is 6.07 Å². The molecule has 4 aromatic rings. The number of benzene rings is 3. The van der Waals surface area contributed by atoms with Crippen LogP contribution >= 0.6 is 0 Å². The van der Waals surface area contributed by atoms with Crippen molar-refractivity contribution in [1.29, 1.82) is 0 Å². The number of anilines is 2. The van der Waals surface area contributed by atoms with Gasteiger partial charge in [-0.3, -0.25) is 0 Å². The number of aliphatic hydroxyl groups is 2. The summed E-state index contributed by atoms with van der Waals surface area (Å²) in [6.07, 6.45) is 0. The van der Waals surface area contributed by atoms with Gasteiger partial charge in [0.15, 0.2) is 11.6 Å². The Hall–Kier alpha value is -4.82. The van der Waals surface area contributed by atoms with Gasteiger partial charge in [-0.2, -0.15) is 9.97 Å². The Balaban J connectivity index is 1.62. The summed E-state index contributed by atoms with van der Waals surface area (Å²) in [5, 5.41) is 31.4. The number of aromatic hydroxyl groups is 1. The maximum absolute atomic E-state index is 12.0. The van der Waals surface area contributed by atoms with Crippen LogP contribution in [0.5, 0.6) is 17.2 Å². The average Bonchev–Trinajstić information content (AvgIpc) is 3.02. The fourth-order valence-corrected chi connectivity index (χ4v) is 3.77. The lowest BCUT2D eigenvalue weighted by Crippen LogP contribution is -2.07. The van der Waals surface area contributed by atoms with Crippen molar-refractivity contribution in [3.8, 4) is 40.0 Å². The molecule has 13 nitrogen and oxygen atoms in total. The molecule has 1 aromatic heterocycles. The molecule has 0 aliphatic heterocycles. The molecule has 0 aliphatic carbocycles. The number of phenolic OH excluding ortho intramolecular Hbond substituents is 1. The minimum absolute atomic E-state index is 0.115. The van der Waals surface area contributed by atoms with Gasteiger partial charge in [0.1, 0.15) is 44.0 Å². The average molecular weight is 593 g/mol. The van der Waals surface area contributed by atoms with Gasteiger partial charge in [-0.05, 0) is 67.6 Å². The molecule has 0 bridgehead atoms. The fourth-order valence-electron chi connectivity index (χ4n) is 3.77. The van der Waals surface area contributed by atoms with E-state index in [0.29, 0.717) is 39.7 Å². The highest BCUT2D eigenvalue weighted by atomic mass is 16.6. The molecule has 3 aromatic carbocycles. The number of hydrogen-bond donors (Lipinski definition) is 4. The number of nitrogens with one attached hydrogen (secondary N) is 1. The Kier molecular flexibility index (Phi) is 11.6. The van der Waals surface area contributed by atoms with Gasteiger partial charge in [0.25, 0.3) is 0 Å². The first-order valence-electron chi connectivity index (χ1n) is 13.4. The summed E-state index contributed by atoms with van der Waals surface area (Å²) in [6, 6.07) is 18.4. The maximum atomic E-state index is 12.0. The summed E-state index contributed by atoms with van der Waals surface area (Å²) in [6.45, 7) is 2.13.